The molecular weight excluding hydrogens is 440 g/mol. The van der Waals surface area contributed by atoms with Gasteiger partial charge in [0.2, 0.25) is 0 Å². The Hall–Kier alpha value is -0.910. The first kappa shape index (κ1) is 25.7. The van der Waals surface area contributed by atoms with Crippen LogP contribution in [0.1, 0.15) is 106 Å². The standard InChI is InChI=1S/C30H48O5/c1-25(2)11-13-30(24(34)35)14-12-28(5)18(19(30)15-25)7-8-22-26(3)16-20(32)23(33)27(4,17-31)21(26)9-10-29(22,28)6/h20-23,31-33H,7-17H2,1-6H3,(H,34,35). The van der Waals surface area contributed by atoms with Crippen molar-refractivity contribution in [2.45, 2.75) is 118 Å². The quantitative estimate of drug-likeness (QED) is 0.394. The second-order valence-electron chi connectivity index (χ2n) is 15.0. The van der Waals surface area contributed by atoms with E-state index in [1.807, 2.05) is 6.92 Å². The number of allylic oxidation sites excluding steroid dienone is 1. The fraction of sp³-hybridized carbons (Fsp3) is 0.900. The molecule has 0 aromatic heterocycles. The topological polar surface area (TPSA) is 98.0 Å². The number of carboxylic acids is 1. The number of aliphatic hydroxyl groups excluding tert-OH is 3. The smallest absolute Gasteiger partial charge is 0.313 e. The molecule has 9 atom stereocenters. The van der Waals surface area contributed by atoms with E-state index >= 15 is 0 Å². The molecule has 0 spiro atoms. The van der Waals surface area contributed by atoms with Crippen LogP contribution in [0, 0.1) is 44.3 Å². The van der Waals surface area contributed by atoms with Crippen molar-refractivity contribution < 1.29 is 25.2 Å². The molecule has 0 aliphatic heterocycles. The fourth-order valence-electron chi connectivity index (χ4n) is 10.8. The van der Waals surface area contributed by atoms with E-state index in [0.717, 1.165) is 57.8 Å². The van der Waals surface area contributed by atoms with E-state index in [1.165, 1.54) is 11.1 Å². The Bertz CT molecular complexity index is 954. The third kappa shape index (κ3) is 3.07. The zero-order valence-electron chi connectivity index (χ0n) is 22.8. The fourth-order valence-corrected chi connectivity index (χ4v) is 10.8. The summed E-state index contributed by atoms with van der Waals surface area (Å²) in [6, 6.07) is 0. The van der Waals surface area contributed by atoms with Crippen LogP contribution >= 0.6 is 0 Å². The van der Waals surface area contributed by atoms with E-state index in [4.69, 9.17) is 0 Å². The predicted octanol–water partition coefficient (Wildman–Crippen LogP) is 5.32. The van der Waals surface area contributed by atoms with Crippen molar-refractivity contribution in [2.24, 2.45) is 44.3 Å². The average Bonchev–Trinajstić information content (AvgIpc) is 2.77. The minimum Gasteiger partial charge on any atom is -0.481 e. The van der Waals surface area contributed by atoms with Gasteiger partial charge in [-0.05, 0) is 97.7 Å². The summed E-state index contributed by atoms with van der Waals surface area (Å²) in [5, 5.41) is 42.8. The lowest BCUT2D eigenvalue weighted by molar-refractivity contribution is -0.245. The molecule has 5 aliphatic carbocycles. The largest absolute Gasteiger partial charge is 0.481 e. The highest BCUT2D eigenvalue weighted by Gasteiger charge is 2.69. The van der Waals surface area contributed by atoms with E-state index in [1.54, 1.807) is 0 Å². The van der Waals surface area contributed by atoms with Crippen LogP contribution in [0.5, 0.6) is 0 Å². The average molecular weight is 489 g/mol. The second kappa shape index (κ2) is 7.57. The lowest BCUT2D eigenvalue weighted by Crippen LogP contribution is -2.67. The normalized spacial score (nSPS) is 53.2. The van der Waals surface area contributed by atoms with E-state index in [0.29, 0.717) is 12.3 Å². The Morgan fingerprint density at radius 3 is 2.17 bits per heavy atom. The van der Waals surface area contributed by atoms with Gasteiger partial charge in [-0.15, -0.1) is 0 Å². The molecule has 4 fully saturated rings. The van der Waals surface area contributed by atoms with Crippen LogP contribution in [0.2, 0.25) is 0 Å². The molecule has 0 radical (unpaired) electrons. The van der Waals surface area contributed by atoms with Gasteiger partial charge >= 0.3 is 5.97 Å². The number of rotatable bonds is 2. The van der Waals surface area contributed by atoms with Crippen molar-refractivity contribution in [1.82, 2.24) is 0 Å². The van der Waals surface area contributed by atoms with E-state index in [9.17, 15) is 25.2 Å². The monoisotopic (exact) mass is 488 g/mol. The van der Waals surface area contributed by atoms with Crippen LogP contribution in [0.15, 0.2) is 11.1 Å². The van der Waals surface area contributed by atoms with Gasteiger partial charge in [-0.1, -0.05) is 52.7 Å². The van der Waals surface area contributed by atoms with Gasteiger partial charge in [-0.2, -0.15) is 0 Å². The Morgan fingerprint density at radius 1 is 0.886 bits per heavy atom. The third-order valence-corrected chi connectivity index (χ3v) is 13.0. The second-order valence-corrected chi connectivity index (χ2v) is 15.0. The Kier molecular flexibility index (Phi) is 5.56. The van der Waals surface area contributed by atoms with Crippen LogP contribution in [0.3, 0.4) is 0 Å². The molecule has 0 saturated heterocycles. The first-order chi connectivity index (χ1) is 16.1. The summed E-state index contributed by atoms with van der Waals surface area (Å²) in [6.45, 7) is 13.6. The number of fused-ring (bicyclic) bond motifs is 6. The highest BCUT2D eigenvalue weighted by Crippen LogP contribution is 2.75. The number of carbonyl (C=O) groups is 1. The van der Waals surface area contributed by atoms with Crippen LogP contribution < -0.4 is 0 Å². The summed E-state index contributed by atoms with van der Waals surface area (Å²) in [6.07, 6.45) is 6.98. The highest BCUT2D eigenvalue weighted by molar-refractivity contribution is 5.80. The maximum atomic E-state index is 12.8. The van der Waals surface area contributed by atoms with Crippen molar-refractivity contribution in [3.05, 3.63) is 11.1 Å². The number of hydrogen-bond acceptors (Lipinski definition) is 4. The zero-order chi connectivity index (χ0) is 25.8. The molecule has 0 aromatic carbocycles. The molecule has 5 nitrogen and oxygen atoms in total. The van der Waals surface area contributed by atoms with E-state index < -0.39 is 29.0 Å². The predicted molar refractivity (Wildman–Crippen MR) is 136 cm³/mol. The van der Waals surface area contributed by atoms with Crippen molar-refractivity contribution in [3.8, 4) is 0 Å². The van der Waals surface area contributed by atoms with Gasteiger partial charge < -0.3 is 20.4 Å². The first-order valence-electron chi connectivity index (χ1n) is 14.0. The Morgan fingerprint density at radius 2 is 1.54 bits per heavy atom. The summed E-state index contributed by atoms with van der Waals surface area (Å²) in [7, 11) is 0. The molecule has 5 heteroatoms. The third-order valence-electron chi connectivity index (χ3n) is 13.0. The van der Waals surface area contributed by atoms with Gasteiger partial charge in [0.15, 0.2) is 0 Å². The van der Waals surface area contributed by atoms with Crippen molar-refractivity contribution >= 4 is 5.97 Å². The SMILES string of the molecule is CC1(C)CCC2(C(=O)O)CCC3(C)C(=C2C1)CCC1C2(C)CC(O)C(O)C(C)(CO)C2CCC13C. The lowest BCUT2D eigenvalue weighted by Gasteiger charge is -2.71. The molecule has 4 N–H and O–H groups in total. The molecule has 5 rings (SSSR count). The number of aliphatic carboxylic acids is 1. The van der Waals surface area contributed by atoms with Crippen LogP contribution in [-0.2, 0) is 4.79 Å². The van der Waals surface area contributed by atoms with E-state index in [2.05, 4.69) is 34.6 Å². The maximum Gasteiger partial charge on any atom is 0.313 e. The van der Waals surface area contributed by atoms with Gasteiger partial charge in [0.05, 0.1) is 24.2 Å². The maximum absolute atomic E-state index is 12.8. The Labute approximate surface area is 211 Å². The van der Waals surface area contributed by atoms with Crippen LogP contribution in [-0.4, -0.2) is 45.2 Å². The zero-order valence-corrected chi connectivity index (χ0v) is 22.8. The first-order valence-corrected chi connectivity index (χ1v) is 14.0. The van der Waals surface area contributed by atoms with Gasteiger partial charge in [-0.3, -0.25) is 4.79 Å². The van der Waals surface area contributed by atoms with Crippen molar-refractivity contribution in [2.75, 3.05) is 6.61 Å². The summed E-state index contributed by atoms with van der Waals surface area (Å²) >= 11 is 0. The minimum absolute atomic E-state index is 0.00344. The molecular formula is C30H48O5. The van der Waals surface area contributed by atoms with Gasteiger partial charge in [-0.25, -0.2) is 0 Å². The van der Waals surface area contributed by atoms with E-state index in [-0.39, 0.29) is 34.2 Å². The van der Waals surface area contributed by atoms with Crippen LogP contribution in [0.25, 0.3) is 0 Å². The van der Waals surface area contributed by atoms with Gasteiger partial charge in [0.25, 0.3) is 0 Å². The van der Waals surface area contributed by atoms with Gasteiger partial charge in [0, 0.05) is 5.41 Å². The van der Waals surface area contributed by atoms with Crippen molar-refractivity contribution in [3.63, 3.8) is 0 Å². The number of carboxylic acid groups (broad SMARTS) is 1. The minimum atomic E-state index is -0.901. The summed E-state index contributed by atoms with van der Waals surface area (Å²) in [5.74, 6) is -0.0988. The lowest BCUT2D eigenvalue weighted by atomic mass is 9.33. The molecule has 5 aliphatic rings. The van der Waals surface area contributed by atoms with Crippen molar-refractivity contribution in [1.29, 1.82) is 0 Å². The molecule has 0 amide bonds. The summed E-state index contributed by atoms with van der Waals surface area (Å²) < 4.78 is 0. The number of hydrogen-bond donors (Lipinski definition) is 4. The molecule has 198 valence electrons. The molecule has 35 heavy (non-hydrogen) atoms. The molecule has 0 heterocycles. The molecule has 0 aromatic rings. The van der Waals surface area contributed by atoms with Crippen LogP contribution in [0.4, 0.5) is 0 Å². The molecule has 9 unspecified atom stereocenters. The molecule has 0 bridgehead atoms. The summed E-state index contributed by atoms with van der Waals surface area (Å²) in [5.41, 5.74) is 1.22. The molecule has 4 saturated carbocycles. The highest BCUT2D eigenvalue weighted by atomic mass is 16.4. The summed E-state index contributed by atoms with van der Waals surface area (Å²) in [4.78, 5) is 12.8. The van der Waals surface area contributed by atoms with Gasteiger partial charge in [0.1, 0.15) is 0 Å². The Balaban J connectivity index is 1.63. The number of aliphatic hydroxyl groups is 3.